The smallest absolute Gasteiger partial charge is 0.416 e. The number of aromatic nitrogens is 1. The molecule has 0 atom stereocenters. The van der Waals surface area contributed by atoms with Gasteiger partial charge in [-0.3, -0.25) is 4.79 Å². The van der Waals surface area contributed by atoms with Crippen molar-refractivity contribution >= 4 is 23.3 Å². The number of alkyl halides is 3. The Morgan fingerprint density at radius 1 is 1.20 bits per heavy atom. The monoisotopic (exact) mass is 441 g/mol. The molecule has 1 aliphatic carbocycles. The molecule has 0 bridgehead atoms. The summed E-state index contributed by atoms with van der Waals surface area (Å²) in [5, 5.41) is 6.12. The van der Waals surface area contributed by atoms with Crippen LogP contribution in [0.3, 0.4) is 0 Å². The van der Waals surface area contributed by atoms with Gasteiger partial charge in [-0.1, -0.05) is 17.7 Å². The van der Waals surface area contributed by atoms with Crippen molar-refractivity contribution < 1.29 is 22.7 Å². The van der Waals surface area contributed by atoms with E-state index >= 15 is 0 Å². The topological polar surface area (TPSA) is 63.2 Å². The van der Waals surface area contributed by atoms with E-state index in [1.807, 2.05) is 12.1 Å². The van der Waals surface area contributed by atoms with Gasteiger partial charge in [-0.05, 0) is 55.9 Å². The second kappa shape index (κ2) is 9.55. The lowest BCUT2D eigenvalue weighted by molar-refractivity contribution is -0.137. The Morgan fingerprint density at radius 2 is 1.93 bits per heavy atom. The number of methoxy groups -OCH3 is 1. The van der Waals surface area contributed by atoms with Gasteiger partial charge in [0.05, 0.1) is 23.3 Å². The maximum absolute atomic E-state index is 12.9. The Morgan fingerprint density at radius 3 is 2.60 bits per heavy atom. The summed E-state index contributed by atoms with van der Waals surface area (Å²) in [5.41, 5.74) is -1.04. The van der Waals surface area contributed by atoms with E-state index in [9.17, 15) is 18.0 Å². The first-order valence-electron chi connectivity index (χ1n) is 9.69. The van der Waals surface area contributed by atoms with E-state index < -0.39 is 17.6 Å². The number of halogens is 4. The number of anilines is 1. The number of nitrogens with one attached hydrogen (secondary N) is 2. The summed E-state index contributed by atoms with van der Waals surface area (Å²) in [7, 11) is 1.56. The van der Waals surface area contributed by atoms with Crippen LogP contribution < -0.4 is 15.4 Å². The van der Waals surface area contributed by atoms with Crippen molar-refractivity contribution in [3.8, 4) is 5.88 Å². The van der Waals surface area contributed by atoms with Gasteiger partial charge in [-0.2, -0.15) is 18.2 Å². The molecule has 1 saturated carbocycles. The van der Waals surface area contributed by atoms with Crippen LogP contribution in [0.1, 0.15) is 41.6 Å². The highest BCUT2D eigenvalue weighted by molar-refractivity contribution is 6.33. The molecule has 5 nitrogen and oxygen atoms in total. The predicted molar refractivity (Wildman–Crippen MR) is 109 cm³/mol. The van der Waals surface area contributed by atoms with Gasteiger partial charge in [-0.15, -0.1) is 0 Å². The number of hydrogen-bond acceptors (Lipinski definition) is 4. The maximum Gasteiger partial charge on any atom is 0.416 e. The van der Waals surface area contributed by atoms with Crippen LogP contribution in [0.2, 0.25) is 5.02 Å². The van der Waals surface area contributed by atoms with E-state index in [0.717, 1.165) is 56.2 Å². The average molecular weight is 442 g/mol. The van der Waals surface area contributed by atoms with Crippen LogP contribution in [-0.2, 0) is 6.18 Å². The van der Waals surface area contributed by atoms with Crippen molar-refractivity contribution in [2.75, 3.05) is 19.0 Å². The number of carbonyl (C=O) groups excluding carboxylic acids is 1. The van der Waals surface area contributed by atoms with Crippen LogP contribution in [0.25, 0.3) is 0 Å². The van der Waals surface area contributed by atoms with Gasteiger partial charge in [0.25, 0.3) is 5.91 Å². The van der Waals surface area contributed by atoms with Crippen LogP contribution in [-0.4, -0.2) is 30.6 Å². The molecule has 1 amide bonds. The quantitative estimate of drug-likeness (QED) is 0.649. The van der Waals surface area contributed by atoms with Gasteiger partial charge in [0.1, 0.15) is 5.82 Å². The summed E-state index contributed by atoms with van der Waals surface area (Å²) in [4.78, 5) is 16.8. The van der Waals surface area contributed by atoms with Crippen LogP contribution >= 0.6 is 11.6 Å². The normalized spacial score (nSPS) is 19.2. The highest BCUT2D eigenvalue weighted by Gasteiger charge is 2.32. The van der Waals surface area contributed by atoms with E-state index in [1.54, 1.807) is 13.2 Å². The number of amides is 1. The fourth-order valence-electron chi connectivity index (χ4n) is 3.53. The highest BCUT2D eigenvalue weighted by Crippen LogP contribution is 2.32. The predicted octanol–water partition coefficient (Wildman–Crippen LogP) is 5.16. The number of hydrogen-bond donors (Lipinski definition) is 2. The molecule has 162 valence electrons. The van der Waals surface area contributed by atoms with Crippen molar-refractivity contribution in [1.82, 2.24) is 10.3 Å². The molecule has 2 aromatic rings. The van der Waals surface area contributed by atoms with Crippen LogP contribution in [0.15, 0.2) is 36.4 Å². The first-order valence-corrected chi connectivity index (χ1v) is 10.1. The summed E-state index contributed by atoms with van der Waals surface area (Å²) in [6, 6.07) is 8.19. The first-order chi connectivity index (χ1) is 14.3. The average Bonchev–Trinajstić information content (AvgIpc) is 2.73. The van der Waals surface area contributed by atoms with Gasteiger partial charge in [0.15, 0.2) is 0 Å². The molecule has 2 N–H and O–H groups in total. The molecular weight excluding hydrogens is 419 g/mol. The number of nitrogens with zero attached hydrogens (tertiary/aromatic N) is 1. The van der Waals surface area contributed by atoms with Crippen molar-refractivity contribution in [1.29, 1.82) is 0 Å². The number of benzene rings is 1. The fraction of sp³-hybridized carbons (Fsp3) is 0.429. The zero-order valence-corrected chi connectivity index (χ0v) is 17.2. The molecule has 1 fully saturated rings. The van der Waals surface area contributed by atoms with E-state index in [1.165, 1.54) is 0 Å². The van der Waals surface area contributed by atoms with E-state index in [-0.39, 0.29) is 16.6 Å². The minimum atomic E-state index is -4.53. The highest BCUT2D eigenvalue weighted by atomic mass is 35.5. The lowest BCUT2D eigenvalue weighted by Gasteiger charge is -2.29. The summed E-state index contributed by atoms with van der Waals surface area (Å²) in [6.45, 7) is 0.750. The number of rotatable bonds is 6. The van der Waals surface area contributed by atoms with Crippen molar-refractivity contribution in [3.05, 3.63) is 52.5 Å². The summed E-state index contributed by atoms with van der Waals surface area (Å²) in [6.07, 6.45) is -1.25. The first kappa shape index (κ1) is 22.2. The largest absolute Gasteiger partial charge is 0.481 e. The molecule has 0 spiro atoms. The summed E-state index contributed by atoms with van der Waals surface area (Å²) in [5.74, 6) is 1.13. The fourth-order valence-corrected chi connectivity index (χ4v) is 3.73. The Kier molecular flexibility index (Phi) is 7.07. The molecule has 0 unspecified atom stereocenters. The van der Waals surface area contributed by atoms with Crippen molar-refractivity contribution in [2.45, 2.75) is 37.9 Å². The SMILES string of the molecule is COc1cccc(NC[C@H]2CC[C@H](NC(=O)c3cc(C(F)(F)F)ccc3Cl)CC2)n1. The second-order valence-electron chi connectivity index (χ2n) is 7.33. The Balaban J connectivity index is 1.50. The minimum absolute atomic E-state index is 0.00387. The molecule has 0 aliphatic heterocycles. The van der Waals surface area contributed by atoms with E-state index in [2.05, 4.69) is 15.6 Å². The molecule has 0 radical (unpaired) electrons. The molecular formula is C21H23ClF3N3O2. The third kappa shape index (κ3) is 5.78. The molecule has 30 heavy (non-hydrogen) atoms. The Hall–Kier alpha value is -2.48. The van der Waals surface area contributed by atoms with Gasteiger partial charge in [0.2, 0.25) is 5.88 Å². The molecule has 1 heterocycles. The van der Waals surface area contributed by atoms with Gasteiger partial charge in [-0.25, -0.2) is 0 Å². The standard InChI is InChI=1S/C21H23ClF3N3O2/c1-30-19-4-2-3-18(28-19)26-12-13-5-8-15(9-6-13)27-20(29)16-11-14(21(23,24)25)7-10-17(16)22/h2-4,7,10-11,13,15H,5-6,8-9,12H2,1H3,(H,26,28)(H,27,29)/t13-,15-. The molecule has 1 aliphatic rings. The maximum atomic E-state index is 12.9. The van der Waals surface area contributed by atoms with Crippen LogP contribution in [0, 0.1) is 5.92 Å². The lowest BCUT2D eigenvalue weighted by atomic mass is 9.86. The lowest BCUT2D eigenvalue weighted by Crippen LogP contribution is -2.38. The molecule has 3 rings (SSSR count). The summed E-state index contributed by atoms with van der Waals surface area (Å²) >= 11 is 5.95. The van der Waals surface area contributed by atoms with E-state index in [4.69, 9.17) is 16.3 Å². The molecule has 0 saturated heterocycles. The second-order valence-corrected chi connectivity index (χ2v) is 7.74. The van der Waals surface area contributed by atoms with Gasteiger partial charge < -0.3 is 15.4 Å². The number of carbonyl (C=O) groups is 1. The van der Waals surface area contributed by atoms with Crippen molar-refractivity contribution in [2.24, 2.45) is 5.92 Å². The Labute approximate surface area is 178 Å². The molecule has 1 aromatic carbocycles. The molecule has 9 heteroatoms. The minimum Gasteiger partial charge on any atom is -0.481 e. The van der Waals surface area contributed by atoms with Crippen LogP contribution in [0.5, 0.6) is 5.88 Å². The number of ether oxygens (including phenoxy) is 1. The van der Waals surface area contributed by atoms with Crippen LogP contribution in [0.4, 0.5) is 19.0 Å². The third-order valence-corrected chi connectivity index (χ3v) is 5.55. The third-order valence-electron chi connectivity index (χ3n) is 5.22. The van der Waals surface area contributed by atoms with Gasteiger partial charge in [0, 0.05) is 18.7 Å². The number of pyridine rings is 1. The molecule has 1 aromatic heterocycles. The zero-order valence-electron chi connectivity index (χ0n) is 16.4. The summed E-state index contributed by atoms with van der Waals surface area (Å²) < 4.78 is 43.8. The van der Waals surface area contributed by atoms with Gasteiger partial charge >= 0.3 is 6.18 Å². The van der Waals surface area contributed by atoms with E-state index in [0.29, 0.717) is 11.8 Å². The Bertz CT molecular complexity index is 884. The van der Waals surface area contributed by atoms with Crippen molar-refractivity contribution in [3.63, 3.8) is 0 Å². The zero-order chi connectivity index (χ0) is 21.7.